The molecule has 1 heterocycles. The van der Waals surface area contributed by atoms with Gasteiger partial charge in [-0.2, -0.15) is 0 Å². The minimum absolute atomic E-state index is 0.121. The van der Waals surface area contributed by atoms with E-state index < -0.39 is 0 Å². The third-order valence-corrected chi connectivity index (χ3v) is 2.91. The summed E-state index contributed by atoms with van der Waals surface area (Å²) in [7, 11) is 0. The van der Waals surface area contributed by atoms with Gasteiger partial charge in [0.05, 0.1) is 17.7 Å². The Morgan fingerprint density at radius 2 is 2.11 bits per heavy atom. The number of anilines is 1. The molecule has 0 saturated carbocycles. The van der Waals surface area contributed by atoms with Gasteiger partial charge in [0.15, 0.2) is 0 Å². The van der Waals surface area contributed by atoms with Crippen LogP contribution in [0.15, 0.2) is 34.9 Å². The summed E-state index contributed by atoms with van der Waals surface area (Å²) >= 11 is 0. The molecule has 0 unspecified atom stereocenters. The van der Waals surface area contributed by atoms with E-state index in [0.29, 0.717) is 12.1 Å². The number of furan rings is 1. The largest absolute Gasteiger partial charge is 0.467 e. The quantitative estimate of drug-likeness (QED) is 0.663. The molecule has 2 rings (SSSR count). The van der Waals surface area contributed by atoms with E-state index >= 15 is 0 Å². The standard InChI is InChI=1S/C13H14N2O3/c1-9-6-7-18-13(9)8-14-11-4-3-5-12(10(11)2)15(16)17/h3-7,14H,8H2,1-2H3. The maximum atomic E-state index is 10.8. The summed E-state index contributed by atoms with van der Waals surface area (Å²) in [4.78, 5) is 10.4. The van der Waals surface area contributed by atoms with Crippen molar-refractivity contribution >= 4 is 11.4 Å². The van der Waals surface area contributed by atoms with Crippen LogP contribution in [-0.2, 0) is 6.54 Å². The van der Waals surface area contributed by atoms with Gasteiger partial charge >= 0.3 is 0 Å². The van der Waals surface area contributed by atoms with Crippen LogP contribution in [0.25, 0.3) is 0 Å². The average molecular weight is 246 g/mol. The first-order valence-corrected chi connectivity index (χ1v) is 5.60. The van der Waals surface area contributed by atoms with Crippen molar-refractivity contribution in [2.75, 3.05) is 5.32 Å². The van der Waals surface area contributed by atoms with Crippen molar-refractivity contribution in [1.82, 2.24) is 0 Å². The summed E-state index contributed by atoms with van der Waals surface area (Å²) < 4.78 is 5.31. The van der Waals surface area contributed by atoms with E-state index in [-0.39, 0.29) is 10.6 Å². The highest BCUT2D eigenvalue weighted by atomic mass is 16.6. The monoisotopic (exact) mass is 246 g/mol. The zero-order chi connectivity index (χ0) is 13.1. The molecule has 0 atom stereocenters. The van der Waals surface area contributed by atoms with Crippen LogP contribution in [-0.4, -0.2) is 4.92 Å². The first kappa shape index (κ1) is 12.2. The van der Waals surface area contributed by atoms with Gasteiger partial charge in [-0.3, -0.25) is 10.1 Å². The SMILES string of the molecule is Cc1ccoc1CNc1cccc([N+](=O)[O-])c1C. The van der Waals surface area contributed by atoms with E-state index in [2.05, 4.69) is 5.32 Å². The van der Waals surface area contributed by atoms with Crippen LogP contribution in [0, 0.1) is 24.0 Å². The second-order valence-corrected chi connectivity index (χ2v) is 4.09. The third kappa shape index (κ3) is 2.34. The van der Waals surface area contributed by atoms with Gasteiger partial charge in [0.1, 0.15) is 5.76 Å². The molecule has 5 heteroatoms. The molecule has 0 bridgehead atoms. The molecule has 0 radical (unpaired) electrons. The fourth-order valence-corrected chi connectivity index (χ4v) is 1.77. The van der Waals surface area contributed by atoms with E-state index in [4.69, 9.17) is 4.42 Å². The van der Waals surface area contributed by atoms with Gasteiger partial charge in [-0.1, -0.05) is 6.07 Å². The summed E-state index contributed by atoms with van der Waals surface area (Å²) in [6.45, 7) is 4.21. The lowest BCUT2D eigenvalue weighted by molar-refractivity contribution is -0.385. The van der Waals surface area contributed by atoms with E-state index in [1.165, 1.54) is 6.07 Å². The van der Waals surface area contributed by atoms with Crippen molar-refractivity contribution in [3.05, 3.63) is 57.5 Å². The summed E-state index contributed by atoms with van der Waals surface area (Å²) in [5.41, 5.74) is 2.56. The molecule has 0 aliphatic rings. The molecular weight excluding hydrogens is 232 g/mol. The van der Waals surface area contributed by atoms with Crippen molar-refractivity contribution in [3.63, 3.8) is 0 Å². The topological polar surface area (TPSA) is 68.3 Å². The molecule has 0 saturated heterocycles. The van der Waals surface area contributed by atoms with Gasteiger partial charge in [-0.15, -0.1) is 0 Å². The number of nitro benzene ring substituents is 1. The van der Waals surface area contributed by atoms with Crippen LogP contribution in [0.4, 0.5) is 11.4 Å². The van der Waals surface area contributed by atoms with Crippen LogP contribution in [0.3, 0.4) is 0 Å². The number of rotatable bonds is 4. The molecular formula is C13H14N2O3. The number of nitrogens with one attached hydrogen (secondary N) is 1. The van der Waals surface area contributed by atoms with Crippen LogP contribution in [0.2, 0.25) is 0 Å². The molecule has 0 aliphatic carbocycles. The number of benzene rings is 1. The first-order chi connectivity index (χ1) is 8.59. The zero-order valence-corrected chi connectivity index (χ0v) is 10.3. The molecule has 0 amide bonds. The Labute approximate surface area is 105 Å². The highest BCUT2D eigenvalue weighted by molar-refractivity contribution is 5.59. The van der Waals surface area contributed by atoms with Crippen LogP contribution in [0.1, 0.15) is 16.9 Å². The van der Waals surface area contributed by atoms with E-state index in [1.54, 1.807) is 19.3 Å². The number of hydrogen-bond donors (Lipinski definition) is 1. The molecule has 94 valence electrons. The maximum absolute atomic E-state index is 10.8. The smallest absolute Gasteiger partial charge is 0.274 e. The summed E-state index contributed by atoms with van der Waals surface area (Å²) in [5.74, 6) is 0.834. The van der Waals surface area contributed by atoms with Crippen LogP contribution >= 0.6 is 0 Å². The Morgan fingerprint density at radius 1 is 1.33 bits per heavy atom. The van der Waals surface area contributed by atoms with Gasteiger partial charge < -0.3 is 9.73 Å². The Bertz CT molecular complexity index is 575. The van der Waals surface area contributed by atoms with Crippen molar-refractivity contribution in [2.24, 2.45) is 0 Å². The highest BCUT2D eigenvalue weighted by Gasteiger charge is 2.13. The molecule has 5 nitrogen and oxygen atoms in total. The minimum atomic E-state index is -0.376. The number of hydrogen-bond acceptors (Lipinski definition) is 4. The minimum Gasteiger partial charge on any atom is -0.467 e. The van der Waals surface area contributed by atoms with Crippen molar-refractivity contribution in [1.29, 1.82) is 0 Å². The van der Waals surface area contributed by atoms with Gasteiger partial charge in [0.25, 0.3) is 5.69 Å². The molecule has 18 heavy (non-hydrogen) atoms. The van der Waals surface area contributed by atoms with Gasteiger partial charge in [0, 0.05) is 17.3 Å². The lowest BCUT2D eigenvalue weighted by atomic mass is 10.1. The highest BCUT2D eigenvalue weighted by Crippen LogP contribution is 2.25. The molecule has 1 aromatic carbocycles. The number of aryl methyl sites for hydroxylation is 1. The van der Waals surface area contributed by atoms with Crippen LogP contribution < -0.4 is 5.32 Å². The molecule has 2 aromatic rings. The predicted octanol–water partition coefficient (Wildman–Crippen LogP) is 3.42. The summed E-state index contributed by atoms with van der Waals surface area (Å²) in [6.07, 6.45) is 1.63. The van der Waals surface area contributed by atoms with Crippen molar-refractivity contribution in [3.8, 4) is 0 Å². The van der Waals surface area contributed by atoms with E-state index in [0.717, 1.165) is 17.0 Å². The maximum Gasteiger partial charge on any atom is 0.274 e. The van der Waals surface area contributed by atoms with Crippen molar-refractivity contribution in [2.45, 2.75) is 20.4 Å². The normalized spacial score (nSPS) is 10.3. The average Bonchev–Trinajstić information content (AvgIpc) is 2.73. The fourth-order valence-electron chi connectivity index (χ4n) is 1.77. The third-order valence-electron chi connectivity index (χ3n) is 2.91. The van der Waals surface area contributed by atoms with Crippen molar-refractivity contribution < 1.29 is 9.34 Å². The fraction of sp³-hybridized carbons (Fsp3) is 0.231. The Hall–Kier alpha value is -2.30. The Morgan fingerprint density at radius 3 is 2.72 bits per heavy atom. The Balaban J connectivity index is 2.17. The Kier molecular flexibility index (Phi) is 3.32. The van der Waals surface area contributed by atoms with Crippen LogP contribution in [0.5, 0.6) is 0 Å². The predicted molar refractivity (Wildman–Crippen MR) is 68.6 cm³/mol. The molecule has 0 aliphatic heterocycles. The molecule has 1 N–H and O–H groups in total. The van der Waals surface area contributed by atoms with E-state index in [1.807, 2.05) is 19.1 Å². The number of nitro groups is 1. The second kappa shape index (κ2) is 4.91. The second-order valence-electron chi connectivity index (χ2n) is 4.09. The lowest BCUT2D eigenvalue weighted by Crippen LogP contribution is -2.02. The molecule has 0 spiro atoms. The van der Waals surface area contributed by atoms with Gasteiger partial charge in [0.2, 0.25) is 0 Å². The summed E-state index contributed by atoms with van der Waals surface area (Å²) in [5, 5.41) is 14.0. The summed E-state index contributed by atoms with van der Waals surface area (Å²) in [6, 6.07) is 6.87. The van der Waals surface area contributed by atoms with Gasteiger partial charge in [-0.05, 0) is 31.5 Å². The lowest BCUT2D eigenvalue weighted by Gasteiger charge is -2.08. The molecule has 0 fully saturated rings. The first-order valence-electron chi connectivity index (χ1n) is 5.60. The van der Waals surface area contributed by atoms with Gasteiger partial charge in [-0.25, -0.2) is 0 Å². The zero-order valence-electron chi connectivity index (χ0n) is 10.3. The molecule has 1 aromatic heterocycles. The van der Waals surface area contributed by atoms with E-state index in [9.17, 15) is 10.1 Å². The number of nitrogens with zero attached hydrogens (tertiary/aromatic N) is 1.